The maximum absolute atomic E-state index is 11.6. The minimum atomic E-state index is -1.21. The Morgan fingerprint density at radius 3 is 2.44 bits per heavy atom. The zero-order chi connectivity index (χ0) is 19.0. The highest BCUT2D eigenvalue weighted by Crippen LogP contribution is 2.24. The SMILES string of the molecule is O=C(O)Cn1nnc2ccc(Nc3nc4ccccc4nc3C(=O)O)cc21. The molecule has 0 unspecified atom stereocenters. The molecule has 2 aromatic heterocycles. The van der Waals surface area contributed by atoms with Crippen LogP contribution in [0.5, 0.6) is 0 Å². The van der Waals surface area contributed by atoms with E-state index in [0.717, 1.165) is 0 Å². The van der Waals surface area contributed by atoms with Crippen LogP contribution in [0.3, 0.4) is 0 Å². The molecule has 0 aliphatic heterocycles. The van der Waals surface area contributed by atoms with E-state index < -0.39 is 11.9 Å². The van der Waals surface area contributed by atoms with Crippen LogP contribution in [0.15, 0.2) is 42.5 Å². The summed E-state index contributed by atoms with van der Waals surface area (Å²) in [6.07, 6.45) is 0. The van der Waals surface area contributed by atoms with Crippen LogP contribution in [0.1, 0.15) is 10.5 Å². The number of aromatic carboxylic acids is 1. The maximum atomic E-state index is 11.6. The van der Waals surface area contributed by atoms with E-state index in [-0.39, 0.29) is 18.1 Å². The number of carboxylic acid groups (broad SMARTS) is 2. The Balaban J connectivity index is 1.78. The first-order valence-corrected chi connectivity index (χ1v) is 7.83. The zero-order valence-corrected chi connectivity index (χ0v) is 13.7. The van der Waals surface area contributed by atoms with Crippen LogP contribution >= 0.6 is 0 Å². The highest BCUT2D eigenvalue weighted by atomic mass is 16.4. The van der Waals surface area contributed by atoms with E-state index in [1.54, 1.807) is 42.5 Å². The third kappa shape index (κ3) is 3.11. The average Bonchev–Trinajstić information content (AvgIpc) is 3.02. The molecule has 27 heavy (non-hydrogen) atoms. The molecule has 2 aromatic carbocycles. The van der Waals surface area contributed by atoms with Gasteiger partial charge >= 0.3 is 11.9 Å². The topological polar surface area (TPSA) is 143 Å². The fourth-order valence-electron chi connectivity index (χ4n) is 2.66. The van der Waals surface area contributed by atoms with Crippen molar-refractivity contribution in [3.8, 4) is 0 Å². The number of rotatable bonds is 5. The van der Waals surface area contributed by atoms with Crippen LogP contribution in [0.25, 0.3) is 22.1 Å². The van der Waals surface area contributed by atoms with E-state index in [2.05, 4.69) is 25.6 Å². The van der Waals surface area contributed by atoms with E-state index in [9.17, 15) is 14.7 Å². The normalized spacial score (nSPS) is 11.0. The molecule has 2 heterocycles. The van der Waals surface area contributed by atoms with Gasteiger partial charge in [0.05, 0.1) is 16.6 Å². The number of hydrogen-bond acceptors (Lipinski definition) is 7. The van der Waals surface area contributed by atoms with Crippen molar-refractivity contribution in [2.24, 2.45) is 0 Å². The first-order valence-electron chi connectivity index (χ1n) is 7.83. The Morgan fingerprint density at radius 2 is 1.74 bits per heavy atom. The van der Waals surface area contributed by atoms with Crippen molar-refractivity contribution >= 4 is 45.5 Å². The van der Waals surface area contributed by atoms with Gasteiger partial charge in [-0.05, 0) is 30.3 Å². The molecule has 10 nitrogen and oxygen atoms in total. The summed E-state index contributed by atoms with van der Waals surface area (Å²) in [5.41, 5.74) is 2.32. The fourth-order valence-corrected chi connectivity index (χ4v) is 2.66. The molecule has 4 aromatic rings. The first kappa shape index (κ1) is 16.4. The highest BCUT2D eigenvalue weighted by molar-refractivity contribution is 5.95. The van der Waals surface area contributed by atoms with Crippen molar-refractivity contribution in [1.29, 1.82) is 0 Å². The molecule has 0 radical (unpaired) electrons. The molecule has 0 saturated carbocycles. The van der Waals surface area contributed by atoms with E-state index in [0.29, 0.717) is 27.8 Å². The predicted octanol–water partition coefficient (Wildman–Crippen LogP) is 1.90. The number of nitrogens with one attached hydrogen (secondary N) is 1. The number of carboxylic acids is 2. The molecule has 0 bridgehead atoms. The van der Waals surface area contributed by atoms with Crippen LogP contribution in [-0.2, 0) is 11.3 Å². The summed E-state index contributed by atoms with van der Waals surface area (Å²) in [5.74, 6) is -2.18. The van der Waals surface area contributed by atoms with Gasteiger partial charge in [0, 0.05) is 5.69 Å². The largest absolute Gasteiger partial charge is 0.480 e. The van der Waals surface area contributed by atoms with Crippen LogP contribution in [-0.4, -0.2) is 47.1 Å². The lowest BCUT2D eigenvalue weighted by atomic mass is 10.2. The number of fused-ring (bicyclic) bond motifs is 2. The molecule has 0 saturated heterocycles. The molecular formula is C17H12N6O4. The number of anilines is 2. The molecule has 134 valence electrons. The minimum absolute atomic E-state index is 0.0813. The lowest BCUT2D eigenvalue weighted by Crippen LogP contribution is -2.10. The predicted molar refractivity (Wildman–Crippen MR) is 94.9 cm³/mol. The first-order chi connectivity index (χ1) is 13.0. The van der Waals surface area contributed by atoms with Crippen molar-refractivity contribution in [2.45, 2.75) is 6.54 Å². The number of hydrogen-bond donors (Lipinski definition) is 3. The summed E-state index contributed by atoms with van der Waals surface area (Å²) in [6, 6.07) is 11.9. The Morgan fingerprint density at radius 1 is 1.00 bits per heavy atom. The highest BCUT2D eigenvalue weighted by Gasteiger charge is 2.16. The van der Waals surface area contributed by atoms with Gasteiger partial charge in [0.15, 0.2) is 11.5 Å². The second-order valence-electron chi connectivity index (χ2n) is 5.68. The van der Waals surface area contributed by atoms with Crippen LogP contribution in [0.4, 0.5) is 11.5 Å². The van der Waals surface area contributed by atoms with E-state index in [1.807, 2.05) is 0 Å². The maximum Gasteiger partial charge on any atom is 0.358 e. The monoisotopic (exact) mass is 364 g/mol. The summed E-state index contributed by atoms with van der Waals surface area (Å²) < 4.78 is 1.24. The summed E-state index contributed by atoms with van der Waals surface area (Å²) in [6.45, 7) is -0.337. The molecule has 3 N–H and O–H groups in total. The Kier molecular flexibility index (Phi) is 3.84. The van der Waals surface area contributed by atoms with Gasteiger partial charge in [0.25, 0.3) is 0 Å². The van der Waals surface area contributed by atoms with Gasteiger partial charge in [-0.15, -0.1) is 5.10 Å². The molecule has 0 atom stereocenters. The quantitative estimate of drug-likeness (QED) is 0.483. The van der Waals surface area contributed by atoms with Crippen molar-refractivity contribution in [3.63, 3.8) is 0 Å². The third-order valence-corrected chi connectivity index (χ3v) is 3.83. The molecule has 0 aliphatic carbocycles. The lowest BCUT2D eigenvalue weighted by molar-refractivity contribution is -0.137. The average molecular weight is 364 g/mol. The number of carbonyl (C=O) groups is 2. The van der Waals surface area contributed by atoms with Crippen LogP contribution in [0, 0.1) is 0 Å². The lowest BCUT2D eigenvalue weighted by Gasteiger charge is -2.10. The fraction of sp³-hybridized carbons (Fsp3) is 0.0588. The summed E-state index contributed by atoms with van der Waals surface area (Å²) in [7, 11) is 0. The molecular weight excluding hydrogens is 352 g/mol. The molecule has 0 amide bonds. The van der Waals surface area contributed by atoms with Gasteiger partial charge in [0.2, 0.25) is 0 Å². The molecule has 4 rings (SSSR count). The van der Waals surface area contributed by atoms with E-state index >= 15 is 0 Å². The number of nitrogens with zero attached hydrogens (tertiary/aromatic N) is 5. The van der Waals surface area contributed by atoms with Crippen LogP contribution < -0.4 is 5.32 Å². The number of benzene rings is 2. The van der Waals surface area contributed by atoms with Gasteiger partial charge in [-0.3, -0.25) is 4.79 Å². The van der Waals surface area contributed by atoms with Crippen molar-refractivity contribution in [3.05, 3.63) is 48.2 Å². The standard InChI is InChI=1S/C17H12N6O4/c24-14(25)8-23-13-7-9(5-6-12(13)21-22-23)18-16-15(17(26)27)19-10-3-1-2-4-11(10)20-16/h1-7H,8H2,(H,18,20)(H,24,25)(H,26,27). The van der Waals surface area contributed by atoms with Gasteiger partial charge in [-0.1, -0.05) is 17.3 Å². The molecule has 10 heteroatoms. The summed E-state index contributed by atoms with van der Waals surface area (Å²) >= 11 is 0. The Labute approximate surface area is 151 Å². The van der Waals surface area contributed by atoms with Gasteiger partial charge in [-0.2, -0.15) is 0 Å². The van der Waals surface area contributed by atoms with E-state index in [1.165, 1.54) is 4.68 Å². The molecule has 0 aliphatic rings. The molecule has 0 fully saturated rings. The smallest absolute Gasteiger partial charge is 0.358 e. The van der Waals surface area contributed by atoms with Crippen LogP contribution in [0.2, 0.25) is 0 Å². The second kappa shape index (κ2) is 6.33. The number of para-hydroxylation sites is 2. The van der Waals surface area contributed by atoms with E-state index in [4.69, 9.17) is 5.11 Å². The Bertz CT molecular complexity index is 1200. The van der Waals surface area contributed by atoms with Crippen molar-refractivity contribution in [2.75, 3.05) is 5.32 Å². The van der Waals surface area contributed by atoms with Gasteiger partial charge < -0.3 is 15.5 Å². The zero-order valence-electron chi connectivity index (χ0n) is 13.7. The molecule has 0 spiro atoms. The summed E-state index contributed by atoms with van der Waals surface area (Å²) in [5, 5.41) is 29.1. The van der Waals surface area contributed by atoms with Gasteiger partial charge in [-0.25, -0.2) is 19.4 Å². The van der Waals surface area contributed by atoms with Crippen molar-refractivity contribution in [1.82, 2.24) is 25.0 Å². The number of aromatic nitrogens is 5. The number of aliphatic carboxylic acids is 1. The summed E-state index contributed by atoms with van der Waals surface area (Å²) in [4.78, 5) is 31.0. The second-order valence-corrected chi connectivity index (χ2v) is 5.68. The third-order valence-electron chi connectivity index (χ3n) is 3.83. The Hall–Kier alpha value is -4.08. The van der Waals surface area contributed by atoms with Crippen molar-refractivity contribution < 1.29 is 19.8 Å². The minimum Gasteiger partial charge on any atom is -0.480 e. The van der Waals surface area contributed by atoms with Gasteiger partial charge in [0.1, 0.15) is 12.1 Å².